The van der Waals surface area contributed by atoms with E-state index in [4.69, 9.17) is 4.74 Å². The molecule has 0 saturated carbocycles. The van der Waals surface area contributed by atoms with Crippen molar-refractivity contribution in [3.05, 3.63) is 53.6 Å². The third kappa shape index (κ3) is 2.08. The van der Waals surface area contributed by atoms with Crippen LogP contribution in [0.2, 0.25) is 0 Å². The van der Waals surface area contributed by atoms with Crippen molar-refractivity contribution in [1.29, 1.82) is 0 Å². The zero-order chi connectivity index (χ0) is 13.2. The molecule has 0 saturated heterocycles. The van der Waals surface area contributed by atoms with Gasteiger partial charge in [-0.05, 0) is 35.2 Å². The quantitative estimate of drug-likeness (QED) is 0.836. The Balaban J connectivity index is 2.18. The van der Waals surface area contributed by atoms with Gasteiger partial charge in [0.2, 0.25) is 0 Å². The van der Waals surface area contributed by atoms with Crippen molar-refractivity contribution in [2.45, 2.75) is 6.42 Å². The van der Waals surface area contributed by atoms with Crippen LogP contribution in [0.3, 0.4) is 0 Å². The van der Waals surface area contributed by atoms with Crippen molar-refractivity contribution >= 4 is 11.7 Å². The molecule has 0 aliphatic carbocycles. The summed E-state index contributed by atoms with van der Waals surface area (Å²) in [5.74, 6) is -0.298. The summed E-state index contributed by atoms with van der Waals surface area (Å²) in [6, 6.07) is 13.9. The van der Waals surface area contributed by atoms with E-state index in [1.807, 2.05) is 30.3 Å². The largest absolute Gasteiger partial charge is 0.465 e. The smallest absolute Gasteiger partial charge is 0.337 e. The second-order valence-electron chi connectivity index (χ2n) is 4.58. The molecule has 0 radical (unpaired) electrons. The normalized spacial score (nSPS) is 12.7. The average molecular weight is 253 g/mol. The van der Waals surface area contributed by atoms with Crippen molar-refractivity contribution in [3.8, 4) is 11.1 Å². The molecule has 2 aromatic carbocycles. The van der Waals surface area contributed by atoms with Crippen LogP contribution in [0.5, 0.6) is 0 Å². The molecule has 1 heterocycles. The number of nitrogens with one attached hydrogen (secondary N) is 1. The number of fused-ring (bicyclic) bond motifs is 1. The van der Waals surface area contributed by atoms with Crippen LogP contribution in [0.15, 0.2) is 42.5 Å². The van der Waals surface area contributed by atoms with Crippen LogP contribution in [0.4, 0.5) is 5.69 Å². The third-order valence-electron chi connectivity index (χ3n) is 3.45. The predicted octanol–water partition coefficient (Wildman–Crippen LogP) is 3.11. The fourth-order valence-corrected chi connectivity index (χ4v) is 2.53. The fraction of sp³-hybridized carbons (Fsp3) is 0.188. The number of hydrogen-bond acceptors (Lipinski definition) is 3. The van der Waals surface area contributed by atoms with Crippen LogP contribution in [0.25, 0.3) is 11.1 Å². The summed E-state index contributed by atoms with van der Waals surface area (Å²) < 4.78 is 4.82. The molecule has 96 valence electrons. The Morgan fingerprint density at radius 1 is 1.21 bits per heavy atom. The molecule has 0 aromatic heterocycles. The molecule has 0 unspecified atom stereocenters. The highest BCUT2D eigenvalue weighted by atomic mass is 16.5. The molecule has 1 aliphatic rings. The van der Waals surface area contributed by atoms with Crippen molar-refractivity contribution in [3.63, 3.8) is 0 Å². The topological polar surface area (TPSA) is 38.3 Å². The molecular weight excluding hydrogens is 238 g/mol. The molecule has 2 aromatic rings. The van der Waals surface area contributed by atoms with E-state index in [9.17, 15) is 4.79 Å². The fourth-order valence-electron chi connectivity index (χ4n) is 2.53. The summed E-state index contributed by atoms with van der Waals surface area (Å²) in [5, 5.41) is 3.32. The van der Waals surface area contributed by atoms with Gasteiger partial charge in [0.25, 0.3) is 0 Å². The minimum atomic E-state index is -0.298. The Morgan fingerprint density at radius 3 is 2.74 bits per heavy atom. The maximum Gasteiger partial charge on any atom is 0.337 e. The molecule has 0 bridgehead atoms. The summed E-state index contributed by atoms with van der Waals surface area (Å²) in [4.78, 5) is 11.7. The predicted molar refractivity (Wildman–Crippen MR) is 75.4 cm³/mol. The monoisotopic (exact) mass is 253 g/mol. The molecule has 19 heavy (non-hydrogen) atoms. The van der Waals surface area contributed by atoms with Crippen molar-refractivity contribution in [2.75, 3.05) is 19.0 Å². The lowest BCUT2D eigenvalue weighted by Gasteiger charge is -2.11. The highest BCUT2D eigenvalue weighted by Crippen LogP contribution is 2.34. The first kappa shape index (κ1) is 11.8. The maximum atomic E-state index is 11.7. The van der Waals surface area contributed by atoms with Gasteiger partial charge < -0.3 is 10.1 Å². The van der Waals surface area contributed by atoms with Crippen LogP contribution in [-0.2, 0) is 11.2 Å². The standard InChI is InChI=1S/C16H15NO2/c1-19-16(18)12-9-14(11-5-3-2-4-6-11)13-7-8-17-15(13)10-12/h2-6,9-10,17H,7-8H2,1H3. The molecule has 3 nitrogen and oxygen atoms in total. The lowest BCUT2D eigenvalue weighted by molar-refractivity contribution is 0.0601. The van der Waals surface area contributed by atoms with E-state index < -0.39 is 0 Å². The lowest BCUT2D eigenvalue weighted by atomic mass is 9.95. The van der Waals surface area contributed by atoms with Gasteiger partial charge >= 0.3 is 5.97 Å². The van der Waals surface area contributed by atoms with Gasteiger partial charge in [-0.25, -0.2) is 4.79 Å². The van der Waals surface area contributed by atoms with Crippen LogP contribution < -0.4 is 5.32 Å². The zero-order valence-corrected chi connectivity index (χ0v) is 10.8. The summed E-state index contributed by atoms with van der Waals surface area (Å²) >= 11 is 0. The van der Waals surface area contributed by atoms with Gasteiger partial charge in [0.1, 0.15) is 0 Å². The first-order valence-corrected chi connectivity index (χ1v) is 6.34. The minimum Gasteiger partial charge on any atom is -0.465 e. The highest BCUT2D eigenvalue weighted by molar-refractivity contribution is 5.94. The summed E-state index contributed by atoms with van der Waals surface area (Å²) in [5.41, 5.74) is 5.16. The molecule has 0 atom stereocenters. The number of anilines is 1. The Labute approximate surface area is 112 Å². The van der Waals surface area contributed by atoms with Gasteiger partial charge in [-0.2, -0.15) is 0 Å². The van der Waals surface area contributed by atoms with Gasteiger partial charge in [0.05, 0.1) is 12.7 Å². The van der Waals surface area contributed by atoms with Crippen LogP contribution in [-0.4, -0.2) is 19.6 Å². The van der Waals surface area contributed by atoms with Crippen molar-refractivity contribution in [1.82, 2.24) is 0 Å². The highest BCUT2D eigenvalue weighted by Gasteiger charge is 2.19. The molecule has 0 fully saturated rings. The number of ether oxygens (including phenoxy) is 1. The zero-order valence-electron chi connectivity index (χ0n) is 10.8. The SMILES string of the molecule is COC(=O)c1cc2c(c(-c3ccccc3)c1)CCN2. The maximum absolute atomic E-state index is 11.7. The Kier molecular flexibility index (Phi) is 2.95. The lowest BCUT2D eigenvalue weighted by Crippen LogP contribution is -2.03. The van der Waals surface area contributed by atoms with Crippen molar-refractivity contribution < 1.29 is 9.53 Å². The second-order valence-corrected chi connectivity index (χ2v) is 4.58. The number of carbonyl (C=O) groups is 1. The number of benzene rings is 2. The molecule has 0 amide bonds. The van der Waals surface area contributed by atoms with E-state index in [2.05, 4.69) is 17.4 Å². The van der Waals surface area contributed by atoms with E-state index in [0.717, 1.165) is 29.8 Å². The van der Waals surface area contributed by atoms with Gasteiger partial charge in [-0.1, -0.05) is 30.3 Å². The number of carbonyl (C=O) groups excluding carboxylic acids is 1. The van der Waals surface area contributed by atoms with Gasteiger partial charge in [-0.15, -0.1) is 0 Å². The number of rotatable bonds is 2. The minimum absolute atomic E-state index is 0.298. The average Bonchev–Trinajstić information content (AvgIpc) is 2.94. The van der Waals surface area contributed by atoms with Gasteiger partial charge in [0, 0.05) is 12.2 Å². The molecule has 1 aliphatic heterocycles. The van der Waals surface area contributed by atoms with Crippen LogP contribution in [0, 0.1) is 0 Å². The first-order valence-electron chi connectivity index (χ1n) is 6.34. The van der Waals surface area contributed by atoms with Gasteiger partial charge in [-0.3, -0.25) is 0 Å². The van der Waals surface area contributed by atoms with E-state index in [1.54, 1.807) is 0 Å². The molecule has 0 spiro atoms. The van der Waals surface area contributed by atoms with E-state index in [-0.39, 0.29) is 5.97 Å². The Hall–Kier alpha value is -2.29. The summed E-state index contributed by atoms with van der Waals surface area (Å²) in [7, 11) is 1.41. The Bertz CT molecular complexity index is 620. The molecule has 3 heteroatoms. The van der Waals surface area contributed by atoms with E-state index in [0.29, 0.717) is 5.56 Å². The Morgan fingerprint density at radius 2 is 2.00 bits per heavy atom. The van der Waals surface area contributed by atoms with Crippen molar-refractivity contribution in [2.24, 2.45) is 0 Å². The third-order valence-corrected chi connectivity index (χ3v) is 3.45. The van der Waals surface area contributed by atoms with E-state index >= 15 is 0 Å². The number of methoxy groups -OCH3 is 1. The molecule has 3 rings (SSSR count). The van der Waals surface area contributed by atoms with Crippen LogP contribution in [0.1, 0.15) is 15.9 Å². The first-order chi connectivity index (χ1) is 9.29. The number of hydrogen-bond donors (Lipinski definition) is 1. The van der Waals surface area contributed by atoms with Gasteiger partial charge in [0.15, 0.2) is 0 Å². The molecule has 1 N–H and O–H groups in total. The summed E-state index contributed by atoms with van der Waals surface area (Å²) in [6.07, 6.45) is 0.987. The van der Waals surface area contributed by atoms with E-state index in [1.165, 1.54) is 12.7 Å². The number of esters is 1. The second kappa shape index (κ2) is 4.76. The summed E-state index contributed by atoms with van der Waals surface area (Å²) in [6.45, 7) is 0.916. The molecular formula is C16H15NO2. The van der Waals surface area contributed by atoms with Crippen LogP contribution >= 0.6 is 0 Å².